The molecule has 156 valence electrons. The highest BCUT2D eigenvalue weighted by atomic mass is 16.5. The highest BCUT2D eigenvalue weighted by Gasteiger charge is 2.16. The molecule has 0 aromatic heterocycles. The Bertz CT molecular complexity index is 1000. The summed E-state index contributed by atoms with van der Waals surface area (Å²) >= 11 is 0. The Morgan fingerprint density at radius 2 is 1.57 bits per heavy atom. The van der Waals surface area contributed by atoms with Gasteiger partial charge in [0.15, 0.2) is 0 Å². The Hall–Kier alpha value is -4.21. The van der Waals surface area contributed by atoms with Gasteiger partial charge < -0.3 is 26.6 Å². The average molecular weight is 411 g/mol. The lowest BCUT2D eigenvalue weighted by Crippen LogP contribution is -2.18. The summed E-state index contributed by atoms with van der Waals surface area (Å²) in [5.41, 5.74) is 12.5. The number of ketones is 1. The number of amides is 1. The lowest BCUT2D eigenvalue weighted by molar-refractivity contribution is -0.148. The zero-order valence-electron chi connectivity index (χ0n) is 15.9. The first-order chi connectivity index (χ1) is 14.2. The van der Waals surface area contributed by atoms with Crippen LogP contribution in [0, 0.1) is 10.8 Å². The number of hydrogen-bond donors (Lipinski definition) is 6. The number of aliphatic carboxylic acids is 1. The largest absolute Gasteiger partial charge is 0.493 e. The predicted octanol–water partition coefficient (Wildman–Crippen LogP) is 0.859. The molecule has 2 aromatic rings. The molecule has 10 nitrogen and oxygen atoms in total. The number of carbonyl (C=O) groups excluding carboxylic acids is 2. The van der Waals surface area contributed by atoms with Crippen LogP contribution in [-0.2, 0) is 20.8 Å². The van der Waals surface area contributed by atoms with Crippen LogP contribution in [-0.4, -0.2) is 41.0 Å². The minimum absolute atomic E-state index is 0.0227. The molecule has 0 bridgehead atoms. The van der Waals surface area contributed by atoms with Crippen molar-refractivity contribution in [3.8, 4) is 5.75 Å². The first-order valence-corrected chi connectivity index (χ1v) is 8.78. The molecule has 10 heteroatoms. The van der Waals surface area contributed by atoms with Gasteiger partial charge >= 0.3 is 5.97 Å². The summed E-state index contributed by atoms with van der Waals surface area (Å²) in [5, 5.41) is 26.3. The minimum atomic E-state index is -1.56. The molecular formula is C20H21N5O5. The van der Waals surface area contributed by atoms with E-state index in [1.165, 1.54) is 18.2 Å². The van der Waals surface area contributed by atoms with Crippen LogP contribution in [0.2, 0.25) is 0 Å². The maximum Gasteiger partial charge on any atom is 0.372 e. The molecule has 0 aliphatic rings. The SMILES string of the molecule is N=C(N)c1ccc(NC(=O)CCOc2cc(C(=N)N)ccc2CC(=O)C(=O)O)cc1. The smallest absolute Gasteiger partial charge is 0.372 e. The van der Waals surface area contributed by atoms with Gasteiger partial charge in [0, 0.05) is 28.8 Å². The van der Waals surface area contributed by atoms with Gasteiger partial charge in [0.05, 0.1) is 13.0 Å². The van der Waals surface area contributed by atoms with E-state index in [9.17, 15) is 14.4 Å². The molecule has 0 fully saturated rings. The Labute approximate surface area is 171 Å². The fourth-order valence-corrected chi connectivity index (χ4v) is 2.46. The normalized spacial score (nSPS) is 10.1. The number of nitrogen functional groups attached to an aromatic ring is 2. The van der Waals surface area contributed by atoms with Crippen molar-refractivity contribution in [2.24, 2.45) is 11.5 Å². The number of ether oxygens (including phenoxy) is 1. The number of benzene rings is 2. The van der Waals surface area contributed by atoms with Crippen molar-refractivity contribution >= 4 is 35.0 Å². The highest BCUT2D eigenvalue weighted by molar-refractivity contribution is 6.33. The van der Waals surface area contributed by atoms with Gasteiger partial charge in [-0.05, 0) is 30.3 Å². The number of anilines is 1. The molecule has 0 unspecified atom stereocenters. The van der Waals surface area contributed by atoms with Gasteiger partial charge in [0.25, 0.3) is 0 Å². The summed E-state index contributed by atoms with van der Waals surface area (Å²) in [7, 11) is 0. The number of carboxylic acids is 1. The molecule has 2 rings (SSSR count). The summed E-state index contributed by atoms with van der Waals surface area (Å²) in [6, 6.07) is 10.8. The molecule has 0 saturated carbocycles. The van der Waals surface area contributed by atoms with Gasteiger partial charge in [-0.15, -0.1) is 0 Å². The second-order valence-electron chi connectivity index (χ2n) is 6.28. The number of rotatable bonds is 10. The van der Waals surface area contributed by atoms with Crippen LogP contribution in [0.5, 0.6) is 5.75 Å². The number of hydrogen-bond acceptors (Lipinski definition) is 6. The van der Waals surface area contributed by atoms with Crippen molar-refractivity contribution in [3.63, 3.8) is 0 Å². The fraction of sp³-hybridized carbons (Fsp3) is 0.150. The molecular weight excluding hydrogens is 390 g/mol. The Morgan fingerprint density at radius 1 is 0.967 bits per heavy atom. The Kier molecular flexibility index (Phi) is 7.23. The number of nitrogens with two attached hydrogens (primary N) is 2. The molecule has 0 heterocycles. The van der Waals surface area contributed by atoms with Crippen molar-refractivity contribution in [2.75, 3.05) is 11.9 Å². The molecule has 0 saturated heterocycles. The van der Waals surface area contributed by atoms with Crippen LogP contribution in [0.15, 0.2) is 42.5 Å². The van der Waals surface area contributed by atoms with Gasteiger partial charge in [-0.25, -0.2) is 4.79 Å². The van der Waals surface area contributed by atoms with Crippen molar-refractivity contribution in [1.29, 1.82) is 10.8 Å². The van der Waals surface area contributed by atoms with E-state index in [-0.39, 0.29) is 36.4 Å². The molecule has 2 aromatic carbocycles. The summed E-state index contributed by atoms with van der Waals surface area (Å²) in [5.74, 6) is -3.03. The van der Waals surface area contributed by atoms with Crippen molar-refractivity contribution in [2.45, 2.75) is 12.8 Å². The van der Waals surface area contributed by atoms with Crippen molar-refractivity contribution in [1.82, 2.24) is 0 Å². The second-order valence-corrected chi connectivity index (χ2v) is 6.28. The molecule has 0 radical (unpaired) electrons. The first kappa shape index (κ1) is 22.1. The monoisotopic (exact) mass is 411 g/mol. The third kappa shape index (κ3) is 6.16. The first-order valence-electron chi connectivity index (χ1n) is 8.78. The van der Waals surface area contributed by atoms with Gasteiger partial charge in [-0.3, -0.25) is 20.4 Å². The van der Waals surface area contributed by atoms with Gasteiger partial charge in [0.1, 0.15) is 17.4 Å². The predicted molar refractivity (Wildman–Crippen MR) is 110 cm³/mol. The van der Waals surface area contributed by atoms with Crippen molar-refractivity contribution in [3.05, 3.63) is 59.2 Å². The van der Waals surface area contributed by atoms with Gasteiger partial charge in [-0.1, -0.05) is 12.1 Å². The maximum absolute atomic E-state index is 12.1. The van der Waals surface area contributed by atoms with Crippen LogP contribution in [0.4, 0.5) is 5.69 Å². The molecule has 0 spiro atoms. The van der Waals surface area contributed by atoms with E-state index in [4.69, 9.17) is 32.1 Å². The van der Waals surface area contributed by atoms with Crippen LogP contribution in [0.1, 0.15) is 23.1 Å². The zero-order chi connectivity index (χ0) is 22.3. The molecule has 0 aliphatic heterocycles. The van der Waals surface area contributed by atoms with Crippen molar-refractivity contribution < 1.29 is 24.2 Å². The van der Waals surface area contributed by atoms with E-state index in [1.54, 1.807) is 24.3 Å². The standard InChI is InChI=1S/C20H21N5O5/c21-18(22)11-3-5-14(6-4-11)25-17(27)7-8-30-16-10-13(19(23)24)2-1-12(16)9-15(26)20(28)29/h1-6,10H,7-9H2,(H3,21,22)(H3,23,24)(H,25,27)(H,28,29). The molecule has 30 heavy (non-hydrogen) atoms. The quantitative estimate of drug-likeness (QED) is 0.189. The number of nitrogens with one attached hydrogen (secondary N) is 3. The van der Waals surface area contributed by atoms with Crippen LogP contribution in [0.3, 0.4) is 0 Å². The topological polar surface area (TPSA) is 192 Å². The molecule has 0 aliphatic carbocycles. The summed E-state index contributed by atoms with van der Waals surface area (Å²) in [6.45, 7) is -0.0486. The zero-order valence-corrected chi connectivity index (χ0v) is 15.9. The number of Topliss-reactive ketones (excluding diaryl/α,β-unsaturated/α-hetero) is 1. The van der Waals surface area contributed by atoms with E-state index in [0.29, 0.717) is 22.4 Å². The third-order valence-electron chi connectivity index (χ3n) is 4.03. The van der Waals surface area contributed by atoms with Crippen LogP contribution in [0.25, 0.3) is 0 Å². The van der Waals surface area contributed by atoms with E-state index in [0.717, 1.165) is 0 Å². The summed E-state index contributed by atoms with van der Waals surface area (Å²) < 4.78 is 5.56. The molecule has 8 N–H and O–H groups in total. The Balaban J connectivity index is 2.00. The summed E-state index contributed by atoms with van der Waals surface area (Å²) in [6.07, 6.45) is -0.414. The Morgan fingerprint density at radius 3 is 2.13 bits per heavy atom. The van der Waals surface area contributed by atoms with E-state index < -0.39 is 18.2 Å². The van der Waals surface area contributed by atoms with Gasteiger partial charge in [0.2, 0.25) is 11.7 Å². The lowest BCUT2D eigenvalue weighted by atomic mass is 10.0. The maximum atomic E-state index is 12.1. The number of carboxylic acid groups (broad SMARTS) is 1. The number of amidine groups is 2. The van der Waals surface area contributed by atoms with Crippen LogP contribution >= 0.6 is 0 Å². The van der Waals surface area contributed by atoms with E-state index in [1.807, 2.05) is 0 Å². The fourth-order valence-electron chi connectivity index (χ4n) is 2.46. The molecule has 0 atom stereocenters. The highest BCUT2D eigenvalue weighted by Crippen LogP contribution is 2.22. The lowest BCUT2D eigenvalue weighted by Gasteiger charge is -2.13. The van der Waals surface area contributed by atoms with Gasteiger partial charge in [-0.2, -0.15) is 0 Å². The van der Waals surface area contributed by atoms with E-state index >= 15 is 0 Å². The average Bonchev–Trinajstić information content (AvgIpc) is 2.69. The second kappa shape index (κ2) is 9.82. The minimum Gasteiger partial charge on any atom is -0.493 e. The summed E-state index contributed by atoms with van der Waals surface area (Å²) in [4.78, 5) is 34.4. The molecule has 1 amide bonds. The van der Waals surface area contributed by atoms with Crippen LogP contribution < -0.4 is 21.5 Å². The third-order valence-corrected chi connectivity index (χ3v) is 4.03. The van der Waals surface area contributed by atoms with E-state index in [2.05, 4.69) is 5.32 Å². The number of carbonyl (C=O) groups is 3.